The van der Waals surface area contributed by atoms with Crippen LogP contribution in [0.1, 0.15) is 12.8 Å². The fourth-order valence-electron chi connectivity index (χ4n) is 1.94. The van der Waals surface area contributed by atoms with Gasteiger partial charge in [-0.05, 0) is 30.9 Å². The van der Waals surface area contributed by atoms with Crippen LogP contribution >= 0.6 is 11.6 Å². The van der Waals surface area contributed by atoms with E-state index < -0.39 is 17.1 Å². The number of amides is 2. The third-order valence-corrected chi connectivity index (χ3v) is 3.69. The van der Waals surface area contributed by atoms with Crippen LogP contribution in [-0.2, 0) is 0 Å². The minimum Gasteiger partial charge on any atom is -0.391 e. The fraction of sp³-hybridized carbons (Fsp3) is 0.462. The molecule has 0 aromatic heterocycles. The highest BCUT2D eigenvalue weighted by Crippen LogP contribution is 2.33. The second-order valence-electron chi connectivity index (χ2n) is 5.14. The first-order chi connectivity index (χ1) is 9.88. The van der Waals surface area contributed by atoms with E-state index in [0.717, 1.165) is 12.8 Å². The van der Waals surface area contributed by atoms with Crippen LogP contribution < -0.4 is 5.32 Å². The molecule has 114 valence electrons. The molecule has 0 aliphatic heterocycles. The summed E-state index contributed by atoms with van der Waals surface area (Å²) in [5, 5.41) is 23.1. The number of rotatable bonds is 5. The van der Waals surface area contributed by atoms with E-state index in [-0.39, 0.29) is 28.9 Å². The van der Waals surface area contributed by atoms with Crippen LogP contribution in [0.2, 0.25) is 5.02 Å². The van der Waals surface area contributed by atoms with Gasteiger partial charge in [0.2, 0.25) is 0 Å². The van der Waals surface area contributed by atoms with Crippen LogP contribution in [0.3, 0.4) is 0 Å². The van der Waals surface area contributed by atoms with Crippen molar-refractivity contribution >= 4 is 29.0 Å². The maximum Gasteiger partial charge on any atom is 0.321 e. The number of carbonyl (C=O) groups is 1. The number of benzene rings is 1. The lowest BCUT2D eigenvalue weighted by molar-refractivity contribution is -0.384. The number of likely N-dealkylation sites (N-methyl/N-ethyl adjacent to an activating group) is 1. The van der Waals surface area contributed by atoms with Gasteiger partial charge in [0.15, 0.2) is 0 Å². The fourth-order valence-corrected chi connectivity index (χ4v) is 2.13. The summed E-state index contributed by atoms with van der Waals surface area (Å²) in [7, 11) is 1.56. The van der Waals surface area contributed by atoms with E-state index in [1.165, 1.54) is 23.1 Å². The van der Waals surface area contributed by atoms with E-state index in [2.05, 4.69) is 5.32 Å². The summed E-state index contributed by atoms with van der Waals surface area (Å²) in [6.45, 7) is 0.228. The van der Waals surface area contributed by atoms with Gasteiger partial charge in [0.25, 0.3) is 5.69 Å². The Morgan fingerprint density at radius 1 is 1.62 bits per heavy atom. The van der Waals surface area contributed by atoms with Gasteiger partial charge in [0.05, 0.1) is 11.0 Å². The zero-order valence-corrected chi connectivity index (χ0v) is 12.2. The largest absolute Gasteiger partial charge is 0.391 e. The highest BCUT2D eigenvalue weighted by atomic mass is 35.5. The lowest BCUT2D eigenvalue weighted by Crippen LogP contribution is -2.38. The first kappa shape index (κ1) is 15.5. The van der Waals surface area contributed by atoms with Gasteiger partial charge in [-0.3, -0.25) is 10.1 Å². The quantitative estimate of drug-likeness (QED) is 0.644. The van der Waals surface area contributed by atoms with Gasteiger partial charge in [-0.25, -0.2) is 4.79 Å². The summed E-state index contributed by atoms with van der Waals surface area (Å²) < 4.78 is 0. The van der Waals surface area contributed by atoms with Crippen molar-refractivity contribution in [2.45, 2.75) is 18.9 Å². The van der Waals surface area contributed by atoms with E-state index in [4.69, 9.17) is 11.6 Å². The zero-order valence-electron chi connectivity index (χ0n) is 11.5. The lowest BCUT2D eigenvalue weighted by atomic mass is 10.2. The van der Waals surface area contributed by atoms with Gasteiger partial charge < -0.3 is 15.3 Å². The molecule has 1 aromatic carbocycles. The topological polar surface area (TPSA) is 95.7 Å². The summed E-state index contributed by atoms with van der Waals surface area (Å²) in [5.74, 6) is 0.275. The second-order valence-corrected chi connectivity index (χ2v) is 5.55. The summed E-state index contributed by atoms with van der Waals surface area (Å²) in [6.07, 6.45) is 1.44. The molecule has 0 bridgehead atoms. The van der Waals surface area contributed by atoms with Crippen LogP contribution in [0.15, 0.2) is 18.2 Å². The highest BCUT2D eigenvalue weighted by molar-refractivity contribution is 6.32. The molecule has 8 heteroatoms. The number of carbonyl (C=O) groups excluding carboxylic acids is 1. The Bertz CT molecular complexity index is 562. The molecule has 2 rings (SSSR count). The van der Waals surface area contributed by atoms with Crippen molar-refractivity contribution in [2.75, 3.05) is 18.9 Å². The average Bonchev–Trinajstić information content (AvgIpc) is 3.24. The first-order valence-electron chi connectivity index (χ1n) is 6.52. The normalized spacial score (nSPS) is 15.4. The molecule has 1 atom stereocenters. The smallest absolute Gasteiger partial charge is 0.321 e. The van der Waals surface area contributed by atoms with Crippen molar-refractivity contribution < 1.29 is 14.8 Å². The molecular formula is C13H16ClN3O4. The monoisotopic (exact) mass is 313 g/mol. The van der Waals surface area contributed by atoms with Crippen LogP contribution in [0.5, 0.6) is 0 Å². The molecule has 2 N–H and O–H groups in total. The number of halogens is 1. The Hall–Kier alpha value is -1.86. The standard InChI is InChI=1S/C13H16ClN3O4/c1-16(7-12(18)8-2-3-8)13(19)15-9-4-5-10(14)11(6-9)17(20)21/h4-6,8,12,18H,2-3,7H2,1H3,(H,15,19). The highest BCUT2D eigenvalue weighted by Gasteiger charge is 2.31. The molecule has 2 amide bonds. The number of urea groups is 1. The zero-order chi connectivity index (χ0) is 15.6. The maximum absolute atomic E-state index is 12.0. The molecule has 1 aromatic rings. The van der Waals surface area contributed by atoms with E-state index in [9.17, 15) is 20.0 Å². The van der Waals surface area contributed by atoms with Crippen LogP contribution in [0.4, 0.5) is 16.2 Å². The van der Waals surface area contributed by atoms with Crippen molar-refractivity contribution in [1.29, 1.82) is 0 Å². The Kier molecular flexibility index (Phi) is 4.64. The molecular weight excluding hydrogens is 298 g/mol. The van der Waals surface area contributed by atoms with Crippen LogP contribution in [0, 0.1) is 16.0 Å². The van der Waals surface area contributed by atoms with Crippen molar-refractivity contribution in [3.63, 3.8) is 0 Å². The van der Waals surface area contributed by atoms with Gasteiger partial charge in [-0.2, -0.15) is 0 Å². The Morgan fingerprint density at radius 3 is 2.86 bits per heavy atom. The molecule has 0 spiro atoms. The second kappa shape index (κ2) is 6.28. The Balaban J connectivity index is 1.98. The van der Waals surface area contributed by atoms with Gasteiger partial charge >= 0.3 is 6.03 Å². The van der Waals surface area contributed by atoms with E-state index in [0.29, 0.717) is 0 Å². The Morgan fingerprint density at radius 2 is 2.29 bits per heavy atom. The van der Waals surface area contributed by atoms with Gasteiger partial charge in [-0.15, -0.1) is 0 Å². The number of nitro benzene ring substituents is 1. The van der Waals surface area contributed by atoms with Crippen molar-refractivity contribution in [3.8, 4) is 0 Å². The molecule has 0 saturated heterocycles. The number of anilines is 1. The van der Waals surface area contributed by atoms with Crippen LogP contribution in [0.25, 0.3) is 0 Å². The molecule has 7 nitrogen and oxygen atoms in total. The lowest BCUT2D eigenvalue weighted by Gasteiger charge is -2.21. The van der Waals surface area contributed by atoms with Gasteiger partial charge in [-0.1, -0.05) is 11.6 Å². The van der Waals surface area contributed by atoms with Crippen molar-refractivity contribution in [3.05, 3.63) is 33.3 Å². The molecule has 0 radical (unpaired) electrons. The van der Waals surface area contributed by atoms with E-state index in [1.54, 1.807) is 7.05 Å². The minimum atomic E-state index is -0.613. The summed E-state index contributed by atoms with van der Waals surface area (Å²) >= 11 is 5.70. The predicted molar refractivity (Wildman–Crippen MR) is 78.5 cm³/mol. The predicted octanol–water partition coefficient (Wildman–Crippen LogP) is 2.48. The molecule has 1 aliphatic carbocycles. The number of hydrogen-bond donors (Lipinski definition) is 2. The number of nitrogens with one attached hydrogen (secondary N) is 1. The Labute approximate surface area is 126 Å². The molecule has 0 heterocycles. The molecule has 1 unspecified atom stereocenters. The SMILES string of the molecule is CN(CC(O)C1CC1)C(=O)Nc1ccc(Cl)c([N+](=O)[O-])c1. The third-order valence-electron chi connectivity index (χ3n) is 3.37. The van der Waals surface area contributed by atoms with Gasteiger partial charge in [0, 0.05) is 25.3 Å². The van der Waals surface area contributed by atoms with E-state index in [1.807, 2.05) is 0 Å². The first-order valence-corrected chi connectivity index (χ1v) is 6.90. The summed E-state index contributed by atoms with van der Waals surface area (Å²) in [4.78, 5) is 23.5. The summed E-state index contributed by atoms with van der Waals surface area (Å²) in [6, 6.07) is 3.60. The average molecular weight is 314 g/mol. The van der Waals surface area contributed by atoms with Gasteiger partial charge in [0.1, 0.15) is 5.02 Å². The van der Waals surface area contributed by atoms with E-state index >= 15 is 0 Å². The molecule has 1 fully saturated rings. The number of hydrogen-bond acceptors (Lipinski definition) is 4. The van der Waals surface area contributed by atoms with Crippen molar-refractivity contribution in [2.24, 2.45) is 5.92 Å². The van der Waals surface area contributed by atoms with Crippen LogP contribution in [-0.4, -0.2) is 40.7 Å². The molecule has 1 aliphatic rings. The molecule has 1 saturated carbocycles. The summed E-state index contributed by atoms with van der Waals surface area (Å²) in [5.41, 5.74) is 0.0130. The number of nitrogens with zero attached hydrogens (tertiary/aromatic N) is 2. The molecule has 21 heavy (non-hydrogen) atoms. The minimum absolute atomic E-state index is 0.00973. The number of nitro groups is 1. The third kappa shape index (κ3) is 4.05. The number of aliphatic hydroxyl groups excluding tert-OH is 1. The van der Waals surface area contributed by atoms with Crippen molar-refractivity contribution in [1.82, 2.24) is 4.90 Å². The number of aliphatic hydroxyl groups is 1. The maximum atomic E-state index is 12.0.